The molecule has 0 aliphatic heterocycles. The lowest BCUT2D eigenvalue weighted by atomic mass is 10.0. The number of hydrogen-bond donors (Lipinski definition) is 1. The molecule has 0 aliphatic rings. The van der Waals surface area contributed by atoms with Gasteiger partial charge in [0.15, 0.2) is 0 Å². The number of amides is 2. The molecule has 0 saturated carbocycles. The first kappa shape index (κ1) is 17.4. The van der Waals surface area contributed by atoms with Crippen LogP contribution in [0.4, 0.5) is 10.5 Å². The smallest absolute Gasteiger partial charge is 0.322 e. The number of thiazole rings is 1. The van der Waals surface area contributed by atoms with Crippen LogP contribution in [0.5, 0.6) is 0 Å². The zero-order valence-electron chi connectivity index (χ0n) is 13.8. The summed E-state index contributed by atoms with van der Waals surface area (Å²) in [5.74, 6) is 0.345. The van der Waals surface area contributed by atoms with Gasteiger partial charge in [0, 0.05) is 30.9 Å². The normalized spacial score (nSPS) is 10.8. The second kappa shape index (κ2) is 8.64. The average Bonchev–Trinajstić information content (AvgIpc) is 3.04. The molecule has 1 aromatic heterocycles. The Bertz CT molecular complexity index is 614. The van der Waals surface area contributed by atoms with Crippen molar-refractivity contribution in [3.63, 3.8) is 0 Å². The van der Waals surface area contributed by atoms with Gasteiger partial charge in [-0.2, -0.15) is 0 Å². The number of hydrogen-bond acceptors (Lipinski definition) is 4. The Labute approximate surface area is 141 Å². The lowest BCUT2D eigenvalue weighted by Crippen LogP contribution is -2.37. The number of anilines is 1. The molecule has 0 radical (unpaired) electrons. The number of carbonyl (C=O) groups is 1. The molecule has 2 amide bonds. The van der Waals surface area contributed by atoms with Gasteiger partial charge in [0.05, 0.1) is 13.2 Å². The number of rotatable bonds is 7. The maximum absolute atomic E-state index is 12.7. The van der Waals surface area contributed by atoms with Crippen LogP contribution in [0.25, 0.3) is 0 Å². The molecule has 1 N–H and O–H groups in total. The molecular formula is C17H23N3O2S. The van der Waals surface area contributed by atoms with Crippen LogP contribution < -0.4 is 5.32 Å². The minimum absolute atomic E-state index is 0.134. The van der Waals surface area contributed by atoms with Gasteiger partial charge in [0.25, 0.3) is 0 Å². The highest BCUT2D eigenvalue weighted by Gasteiger charge is 2.17. The highest BCUT2D eigenvalue weighted by Crippen LogP contribution is 2.24. The summed E-state index contributed by atoms with van der Waals surface area (Å²) in [5.41, 5.74) is 1.98. The molecule has 0 bridgehead atoms. The average molecular weight is 333 g/mol. The highest BCUT2D eigenvalue weighted by molar-refractivity contribution is 7.09. The largest absolute Gasteiger partial charge is 0.383 e. The highest BCUT2D eigenvalue weighted by atomic mass is 32.1. The molecule has 6 heteroatoms. The van der Waals surface area contributed by atoms with Gasteiger partial charge >= 0.3 is 6.03 Å². The zero-order valence-corrected chi connectivity index (χ0v) is 14.6. The number of carbonyl (C=O) groups excluding carboxylic acids is 1. The molecule has 0 spiro atoms. The number of benzene rings is 1. The Kier molecular flexibility index (Phi) is 6.55. The van der Waals surface area contributed by atoms with E-state index in [0.29, 0.717) is 25.6 Å². The molecule has 0 saturated heterocycles. The van der Waals surface area contributed by atoms with E-state index < -0.39 is 0 Å². The zero-order chi connectivity index (χ0) is 16.7. The first-order chi connectivity index (χ1) is 11.1. The molecular weight excluding hydrogens is 310 g/mol. The molecule has 23 heavy (non-hydrogen) atoms. The van der Waals surface area contributed by atoms with Gasteiger partial charge in [-0.1, -0.05) is 32.0 Å². The summed E-state index contributed by atoms with van der Waals surface area (Å²) < 4.78 is 5.12. The van der Waals surface area contributed by atoms with Gasteiger partial charge < -0.3 is 15.0 Å². The van der Waals surface area contributed by atoms with E-state index in [2.05, 4.69) is 24.1 Å². The summed E-state index contributed by atoms with van der Waals surface area (Å²) in [6, 6.07) is 7.77. The summed E-state index contributed by atoms with van der Waals surface area (Å²) in [6.45, 7) is 5.72. The molecule has 1 aromatic carbocycles. The van der Waals surface area contributed by atoms with Crippen molar-refractivity contribution in [3.05, 3.63) is 46.4 Å². The van der Waals surface area contributed by atoms with Gasteiger partial charge in [0.2, 0.25) is 0 Å². The SMILES string of the molecule is COCCN(Cc1nccs1)C(=O)Nc1ccccc1C(C)C. The molecule has 2 rings (SSSR count). The van der Waals surface area contributed by atoms with Gasteiger partial charge in [-0.15, -0.1) is 11.3 Å². The van der Waals surface area contributed by atoms with E-state index >= 15 is 0 Å². The van der Waals surface area contributed by atoms with Gasteiger partial charge in [0.1, 0.15) is 5.01 Å². The van der Waals surface area contributed by atoms with Crippen molar-refractivity contribution in [2.45, 2.75) is 26.3 Å². The molecule has 0 unspecified atom stereocenters. The van der Waals surface area contributed by atoms with Crippen molar-refractivity contribution in [2.75, 3.05) is 25.6 Å². The molecule has 2 aromatic rings. The number of para-hydroxylation sites is 1. The second-order valence-corrected chi connectivity index (χ2v) is 6.49. The van der Waals surface area contributed by atoms with E-state index in [-0.39, 0.29) is 6.03 Å². The molecule has 5 nitrogen and oxygen atoms in total. The van der Waals surface area contributed by atoms with Crippen LogP contribution in [0.2, 0.25) is 0 Å². The fraction of sp³-hybridized carbons (Fsp3) is 0.412. The van der Waals surface area contributed by atoms with Crippen LogP contribution in [0.1, 0.15) is 30.3 Å². The monoisotopic (exact) mass is 333 g/mol. The topological polar surface area (TPSA) is 54.5 Å². The Morgan fingerprint density at radius 2 is 2.17 bits per heavy atom. The summed E-state index contributed by atoms with van der Waals surface area (Å²) in [6.07, 6.45) is 1.75. The van der Waals surface area contributed by atoms with Crippen LogP contribution >= 0.6 is 11.3 Å². The molecule has 0 aliphatic carbocycles. The van der Waals surface area contributed by atoms with Crippen LogP contribution in [-0.2, 0) is 11.3 Å². The quantitative estimate of drug-likeness (QED) is 0.835. The molecule has 0 fully saturated rings. The molecule has 0 atom stereocenters. The molecule has 1 heterocycles. The fourth-order valence-electron chi connectivity index (χ4n) is 2.26. The maximum atomic E-state index is 12.7. The van der Waals surface area contributed by atoms with Crippen LogP contribution in [-0.4, -0.2) is 36.2 Å². The van der Waals surface area contributed by atoms with Crippen molar-refractivity contribution >= 4 is 23.1 Å². The number of urea groups is 1. The summed E-state index contributed by atoms with van der Waals surface area (Å²) in [4.78, 5) is 18.6. The second-order valence-electron chi connectivity index (χ2n) is 5.51. The minimum Gasteiger partial charge on any atom is -0.383 e. The Balaban J connectivity index is 2.11. The van der Waals surface area contributed by atoms with Crippen LogP contribution in [0.15, 0.2) is 35.8 Å². The van der Waals surface area contributed by atoms with Gasteiger partial charge in [-0.3, -0.25) is 0 Å². The predicted octanol–water partition coefficient (Wildman–Crippen LogP) is 3.95. The van der Waals surface area contributed by atoms with E-state index in [9.17, 15) is 4.79 Å². The third-order valence-corrected chi connectivity index (χ3v) is 4.25. The number of nitrogens with one attached hydrogen (secondary N) is 1. The van der Waals surface area contributed by atoms with Crippen molar-refractivity contribution in [2.24, 2.45) is 0 Å². The summed E-state index contributed by atoms with van der Waals surface area (Å²) >= 11 is 1.54. The first-order valence-electron chi connectivity index (χ1n) is 7.64. The van der Waals surface area contributed by atoms with Gasteiger partial charge in [-0.05, 0) is 17.5 Å². The third-order valence-electron chi connectivity index (χ3n) is 3.49. The predicted molar refractivity (Wildman–Crippen MR) is 93.9 cm³/mol. The maximum Gasteiger partial charge on any atom is 0.322 e. The number of aromatic nitrogens is 1. The molecule has 124 valence electrons. The Morgan fingerprint density at radius 3 is 2.83 bits per heavy atom. The van der Waals surface area contributed by atoms with Crippen LogP contribution in [0, 0.1) is 0 Å². The van der Waals surface area contributed by atoms with Crippen LogP contribution in [0.3, 0.4) is 0 Å². The summed E-state index contributed by atoms with van der Waals surface area (Å²) in [5, 5.41) is 5.84. The van der Waals surface area contributed by atoms with E-state index in [1.54, 1.807) is 29.5 Å². The van der Waals surface area contributed by atoms with Crippen molar-refractivity contribution in [1.82, 2.24) is 9.88 Å². The van der Waals surface area contributed by atoms with Gasteiger partial charge in [-0.25, -0.2) is 9.78 Å². The van der Waals surface area contributed by atoms with E-state index in [4.69, 9.17) is 4.74 Å². The number of methoxy groups -OCH3 is 1. The van der Waals surface area contributed by atoms with E-state index in [1.165, 1.54) is 0 Å². The van der Waals surface area contributed by atoms with Crippen molar-refractivity contribution in [3.8, 4) is 0 Å². The first-order valence-corrected chi connectivity index (χ1v) is 8.52. The Hall–Kier alpha value is -1.92. The number of ether oxygens (including phenoxy) is 1. The van der Waals surface area contributed by atoms with Crippen molar-refractivity contribution in [1.29, 1.82) is 0 Å². The fourth-order valence-corrected chi connectivity index (χ4v) is 2.89. The van der Waals surface area contributed by atoms with E-state index in [1.807, 2.05) is 29.6 Å². The third kappa shape index (κ3) is 5.04. The van der Waals surface area contributed by atoms with Crippen molar-refractivity contribution < 1.29 is 9.53 Å². The lowest BCUT2D eigenvalue weighted by molar-refractivity contribution is 0.152. The van der Waals surface area contributed by atoms with E-state index in [0.717, 1.165) is 16.3 Å². The standard InChI is InChI=1S/C17H23N3O2S/c1-13(2)14-6-4-5-7-15(14)19-17(21)20(9-10-22-3)12-16-18-8-11-23-16/h4-8,11,13H,9-10,12H2,1-3H3,(H,19,21). The summed E-state index contributed by atoms with van der Waals surface area (Å²) in [7, 11) is 1.63. The minimum atomic E-state index is -0.134. The number of nitrogens with zero attached hydrogens (tertiary/aromatic N) is 2. The Morgan fingerprint density at radius 1 is 1.39 bits per heavy atom. The lowest BCUT2D eigenvalue weighted by Gasteiger charge is -2.23.